The van der Waals surface area contributed by atoms with Gasteiger partial charge in [0.15, 0.2) is 5.78 Å². The molecule has 1 atom stereocenters. The van der Waals surface area contributed by atoms with E-state index in [9.17, 15) is 9.90 Å². The van der Waals surface area contributed by atoms with Crippen molar-refractivity contribution in [3.05, 3.63) is 77.6 Å². The number of allylic oxidation sites excluding steroid dienone is 2. The Balaban J connectivity index is 0.000000186. The Hall–Kier alpha value is -2.29. The van der Waals surface area contributed by atoms with Crippen LogP contribution in [0.5, 0.6) is 0 Å². The van der Waals surface area contributed by atoms with Crippen molar-refractivity contribution in [1.29, 1.82) is 0 Å². The molecule has 0 saturated heterocycles. The molecular weight excluding hydrogens is 599 g/mol. The van der Waals surface area contributed by atoms with Crippen LogP contribution in [0.15, 0.2) is 65.9 Å². The van der Waals surface area contributed by atoms with Crippen LogP contribution < -0.4 is 0 Å². The molecule has 1 aromatic heterocycles. The fourth-order valence-electron chi connectivity index (χ4n) is 4.99. The van der Waals surface area contributed by atoms with Gasteiger partial charge in [-0.1, -0.05) is 52.0 Å². The molecule has 181 valence electrons. The normalized spacial score (nSPS) is 20.6. The van der Waals surface area contributed by atoms with Gasteiger partial charge >= 0.3 is 0 Å². The number of aliphatic hydroxyl groups is 1. The second kappa shape index (κ2) is 10.1. The zero-order valence-electron chi connectivity index (χ0n) is 20.7. The Labute approximate surface area is 217 Å². The molecule has 1 heterocycles. The minimum absolute atomic E-state index is 0. The van der Waals surface area contributed by atoms with Crippen molar-refractivity contribution < 1.29 is 30.0 Å². The summed E-state index contributed by atoms with van der Waals surface area (Å²) in [4.78, 5) is 17.0. The van der Waals surface area contributed by atoms with Crippen molar-refractivity contribution in [2.24, 2.45) is 16.7 Å². The standard InChI is InChI=1S/C16H12N.C14H22O2.Ir/c1-12-11-16(13-7-3-2-4-8-13)17-15-10-6-5-9-14(12)15;1-13(2)7-5-9-6-8-14(3,4)12(16)10(9)11(13)15;/h2-7,9-11H,1H3;9,15H,5-8H2,1-4H3;/q-1;;. The summed E-state index contributed by atoms with van der Waals surface area (Å²) in [5.41, 5.74) is 4.57. The number of rotatable bonds is 1. The summed E-state index contributed by atoms with van der Waals surface area (Å²) in [7, 11) is 0. The van der Waals surface area contributed by atoms with Gasteiger partial charge in [-0.15, -0.1) is 35.9 Å². The van der Waals surface area contributed by atoms with Gasteiger partial charge in [-0.05, 0) is 55.8 Å². The Bertz CT molecular complexity index is 1210. The van der Waals surface area contributed by atoms with Crippen LogP contribution in [0.25, 0.3) is 22.2 Å². The number of carbonyl (C=O) groups is 1. The van der Waals surface area contributed by atoms with Crippen LogP contribution in [0.4, 0.5) is 0 Å². The summed E-state index contributed by atoms with van der Waals surface area (Å²) in [6.07, 6.45) is 4.04. The van der Waals surface area contributed by atoms with Crippen molar-refractivity contribution >= 4 is 16.7 Å². The molecule has 1 radical (unpaired) electrons. The molecule has 1 fully saturated rings. The Morgan fingerprint density at radius 1 is 0.971 bits per heavy atom. The molecule has 4 heteroatoms. The van der Waals surface area contributed by atoms with E-state index in [1.54, 1.807) is 0 Å². The molecule has 0 amide bonds. The molecule has 5 rings (SSSR count). The molecule has 1 N–H and O–H groups in total. The van der Waals surface area contributed by atoms with E-state index in [-0.39, 0.29) is 36.7 Å². The van der Waals surface area contributed by atoms with Crippen LogP contribution in [0, 0.1) is 29.7 Å². The number of para-hydroxylation sites is 1. The minimum Gasteiger partial charge on any atom is -0.511 e. The number of benzene rings is 2. The van der Waals surface area contributed by atoms with Gasteiger partial charge in [-0.3, -0.25) is 9.78 Å². The van der Waals surface area contributed by atoms with Crippen LogP contribution in [0.3, 0.4) is 0 Å². The number of aryl methyl sites for hydroxylation is 1. The van der Waals surface area contributed by atoms with E-state index < -0.39 is 0 Å². The van der Waals surface area contributed by atoms with Crippen LogP contribution >= 0.6 is 0 Å². The molecule has 34 heavy (non-hydrogen) atoms. The number of carbonyl (C=O) groups excluding carboxylic acids is 1. The fraction of sp³-hybridized carbons (Fsp3) is 0.400. The molecule has 2 aliphatic rings. The maximum atomic E-state index is 12.4. The van der Waals surface area contributed by atoms with Gasteiger partial charge in [0.05, 0.1) is 5.52 Å². The third kappa shape index (κ3) is 5.19. The summed E-state index contributed by atoms with van der Waals surface area (Å²) in [6, 6.07) is 21.5. The third-order valence-corrected chi connectivity index (χ3v) is 7.31. The predicted molar refractivity (Wildman–Crippen MR) is 135 cm³/mol. The van der Waals surface area contributed by atoms with Crippen molar-refractivity contribution in [1.82, 2.24) is 4.98 Å². The molecule has 2 aromatic carbocycles. The van der Waals surface area contributed by atoms with E-state index in [1.165, 1.54) is 10.9 Å². The van der Waals surface area contributed by atoms with Crippen molar-refractivity contribution in [2.75, 3.05) is 0 Å². The van der Waals surface area contributed by atoms with E-state index in [2.05, 4.69) is 36.2 Å². The summed E-state index contributed by atoms with van der Waals surface area (Å²) in [5, 5.41) is 11.5. The minimum atomic E-state index is -0.284. The van der Waals surface area contributed by atoms with Gasteiger partial charge in [-0.2, -0.15) is 0 Å². The number of Topliss-reactive ketones (excluding diaryl/α,β-unsaturated/α-hetero) is 1. The number of hydrogen-bond acceptors (Lipinski definition) is 3. The molecule has 3 nitrogen and oxygen atoms in total. The van der Waals surface area contributed by atoms with Gasteiger partial charge < -0.3 is 5.11 Å². The van der Waals surface area contributed by atoms with Crippen molar-refractivity contribution in [3.8, 4) is 11.3 Å². The summed E-state index contributed by atoms with van der Waals surface area (Å²) in [5.74, 6) is 0.851. The van der Waals surface area contributed by atoms with Gasteiger partial charge in [0, 0.05) is 41.9 Å². The van der Waals surface area contributed by atoms with E-state index in [0.29, 0.717) is 11.7 Å². The zero-order valence-corrected chi connectivity index (χ0v) is 23.1. The zero-order chi connectivity index (χ0) is 23.8. The molecule has 0 aliphatic heterocycles. The Kier molecular flexibility index (Phi) is 7.85. The molecular formula is C30H34IrNO2-. The van der Waals surface area contributed by atoms with Crippen LogP contribution in [0.1, 0.15) is 58.9 Å². The third-order valence-electron chi connectivity index (χ3n) is 7.31. The first-order valence-electron chi connectivity index (χ1n) is 11.9. The number of aliphatic hydroxyl groups excluding tert-OH is 1. The first kappa shape index (κ1) is 26.3. The number of fused-ring (bicyclic) bond motifs is 2. The second-order valence-corrected chi connectivity index (χ2v) is 10.8. The number of nitrogens with zero attached hydrogens (tertiary/aromatic N) is 1. The van der Waals surface area contributed by atoms with E-state index in [4.69, 9.17) is 0 Å². The molecule has 3 aromatic rings. The predicted octanol–water partition coefficient (Wildman–Crippen LogP) is 7.63. The fourth-order valence-corrected chi connectivity index (χ4v) is 4.99. The van der Waals surface area contributed by atoms with Gasteiger partial charge in [-0.25, -0.2) is 0 Å². The summed E-state index contributed by atoms with van der Waals surface area (Å²) >= 11 is 0. The maximum absolute atomic E-state index is 12.4. The van der Waals surface area contributed by atoms with E-state index in [1.807, 2.05) is 64.1 Å². The number of hydrogen-bond donors (Lipinski definition) is 1. The van der Waals surface area contributed by atoms with Crippen molar-refractivity contribution in [3.63, 3.8) is 0 Å². The number of pyridine rings is 1. The second-order valence-electron chi connectivity index (χ2n) is 10.8. The maximum Gasteiger partial charge on any atom is 0.168 e. The van der Waals surface area contributed by atoms with Gasteiger partial charge in [0.25, 0.3) is 0 Å². The monoisotopic (exact) mass is 633 g/mol. The van der Waals surface area contributed by atoms with Crippen LogP contribution in [-0.2, 0) is 24.9 Å². The molecule has 0 bridgehead atoms. The first-order chi connectivity index (χ1) is 15.6. The SMILES string of the molecule is CC1(C)CCC2CCC(C)(C)C(O)=C2C1=O.Cc1cc(-c2[c-]cccc2)nc2ccccc12.[Ir]. The van der Waals surface area contributed by atoms with E-state index >= 15 is 0 Å². The molecule has 1 unspecified atom stereocenters. The quantitative estimate of drug-likeness (QED) is 0.281. The number of ketones is 1. The summed E-state index contributed by atoms with van der Waals surface area (Å²) in [6.45, 7) is 10.2. The average molecular weight is 633 g/mol. The Morgan fingerprint density at radius 3 is 2.29 bits per heavy atom. The number of aromatic nitrogens is 1. The largest absolute Gasteiger partial charge is 0.511 e. The molecule has 1 saturated carbocycles. The van der Waals surface area contributed by atoms with Crippen molar-refractivity contribution in [2.45, 2.75) is 60.3 Å². The van der Waals surface area contributed by atoms with Crippen LogP contribution in [-0.4, -0.2) is 15.9 Å². The first-order valence-corrected chi connectivity index (χ1v) is 11.9. The van der Waals surface area contributed by atoms with Gasteiger partial charge in [0.1, 0.15) is 5.76 Å². The average Bonchev–Trinajstić information content (AvgIpc) is 2.80. The van der Waals surface area contributed by atoms with E-state index in [0.717, 1.165) is 48.0 Å². The summed E-state index contributed by atoms with van der Waals surface area (Å²) < 4.78 is 0. The van der Waals surface area contributed by atoms with Crippen LogP contribution in [0.2, 0.25) is 0 Å². The van der Waals surface area contributed by atoms with Gasteiger partial charge in [0.2, 0.25) is 0 Å². The molecule has 2 aliphatic carbocycles. The topological polar surface area (TPSA) is 50.2 Å². The smallest absolute Gasteiger partial charge is 0.168 e. The Morgan fingerprint density at radius 2 is 1.62 bits per heavy atom. The molecule has 0 spiro atoms.